The average Bonchev–Trinajstić information content (AvgIpc) is 2.77. The van der Waals surface area contributed by atoms with E-state index < -0.39 is 0 Å². The molecule has 0 radical (unpaired) electrons. The lowest BCUT2D eigenvalue weighted by atomic mass is 9.67. The van der Waals surface area contributed by atoms with Crippen molar-refractivity contribution in [2.75, 3.05) is 13.1 Å². The predicted octanol–water partition coefficient (Wildman–Crippen LogP) is 2.19. The molecular weight excluding hydrogens is 226 g/mol. The molecule has 2 heterocycles. The first-order chi connectivity index (χ1) is 8.69. The highest BCUT2D eigenvalue weighted by Crippen LogP contribution is 2.47. The number of aromatic amines is 1. The van der Waals surface area contributed by atoms with Crippen LogP contribution in [0.1, 0.15) is 50.5 Å². The van der Waals surface area contributed by atoms with Gasteiger partial charge in [0, 0.05) is 11.3 Å². The highest BCUT2D eigenvalue weighted by molar-refractivity contribution is 5.25. The summed E-state index contributed by atoms with van der Waals surface area (Å²) in [6, 6.07) is 0. The number of piperidine rings is 1. The van der Waals surface area contributed by atoms with E-state index in [2.05, 4.69) is 29.4 Å². The lowest BCUT2D eigenvalue weighted by Gasteiger charge is -2.43. The van der Waals surface area contributed by atoms with Crippen LogP contribution in [0.2, 0.25) is 0 Å². The molecule has 0 saturated carbocycles. The Morgan fingerprint density at radius 1 is 1.39 bits per heavy atom. The summed E-state index contributed by atoms with van der Waals surface area (Å²) in [6.07, 6.45) is 7.25. The van der Waals surface area contributed by atoms with Crippen molar-refractivity contribution in [1.29, 1.82) is 0 Å². The monoisotopic (exact) mass is 249 g/mol. The SMILES string of the molecule is CC(C)OC1CC2(CCNCC2)Cc2[nH]ncc21. The van der Waals surface area contributed by atoms with Gasteiger partial charge in [0.05, 0.1) is 18.4 Å². The van der Waals surface area contributed by atoms with E-state index in [1.165, 1.54) is 24.1 Å². The van der Waals surface area contributed by atoms with Crippen LogP contribution >= 0.6 is 0 Å². The molecule has 4 nitrogen and oxygen atoms in total. The minimum atomic E-state index is 0.227. The summed E-state index contributed by atoms with van der Waals surface area (Å²) in [7, 11) is 0. The minimum Gasteiger partial charge on any atom is -0.371 e. The first-order valence-electron chi connectivity index (χ1n) is 7.07. The van der Waals surface area contributed by atoms with E-state index in [4.69, 9.17) is 4.74 Å². The highest BCUT2D eigenvalue weighted by Gasteiger charge is 2.41. The van der Waals surface area contributed by atoms with Crippen molar-refractivity contribution in [2.24, 2.45) is 5.41 Å². The number of nitrogens with one attached hydrogen (secondary N) is 2. The second-order valence-electron chi connectivity index (χ2n) is 6.11. The van der Waals surface area contributed by atoms with Gasteiger partial charge in [-0.25, -0.2) is 0 Å². The molecule has 2 aliphatic rings. The Morgan fingerprint density at radius 3 is 2.89 bits per heavy atom. The number of aromatic nitrogens is 2. The van der Waals surface area contributed by atoms with Crippen LogP contribution in [-0.4, -0.2) is 29.4 Å². The maximum absolute atomic E-state index is 6.12. The Balaban J connectivity index is 1.86. The molecule has 1 aliphatic carbocycles. The maximum atomic E-state index is 6.12. The number of rotatable bonds is 2. The van der Waals surface area contributed by atoms with Gasteiger partial charge in [0.25, 0.3) is 0 Å². The summed E-state index contributed by atoms with van der Waals surface area (Å²) in [5.74, 6) is 0. The second kappa shape index (κ2) is 4.67. The fourth-order valence-corrected chi connectivity index (χ4v) is 3.48. The van der Waals surface area contributed by atoms with Crippen molar-refractivity contribution >= 4 is 0 Å². The summed E-state index contributed by atoms with van der Waals surface area (Å²) in [6.45, 7) is 6.50. The molecule has 0 bridgehead atoms. The lowest BCUT2D eigenvalue weighted by molar-refractivity contribution is -0.0376. The maximum Gasteiger partial charge on any atom is 0.0866 e. The lowest BCUT2D eigenvalue weighted by Crippen LogP contribution is -2.42. The summed E-state index contributed by atoms with van der Waals surface area (Å²) in [5, 5.41) is 10.9. The number of fused-ring (bicyclic) bond motifs is 1. The van der Waals surface area contributed by atoms with Crippen LogP contribution in [0.4, 0.5) is 0 Å². The van der Waals surface area contributed by atoms with E-state index >= 15 is 0 Å². The van der Waals surface area contributed by atoms with Gasteiger partial charge in [0.2, 0.25) is 0 Å². The zero-order chi connectivity index (χ0) is 12.6. The zero-order valence-corrected chi connectivity index (χ0v) is 11.3. The molecule has 3 rings (SSSR count). The van der Waals surface area contributed by atoms with E-state index in [1.807, 2.05) is 6.20 Å². The van der Waals surface area contributed by atoms with Crippen molar-refractivity contribution in [2.45, 2.75) is 51.7 Å². The van der Waals surface area contributed by atoms with Crippen LogP contribution in [0.25, 0.3) is 0 Å². The van der Waals surface area contributed by atoms with E-state index in [9.17, 15) is 0 Å². The molecule has 1 unspecified atom stereocenters. The molecule has 1 aromatic heterocycles. The number of ether oxygens (including phenoxy) is 1. The fourth-order valence-electron chi connectivity index (χ4n) is 3.48. The van der Waals surface area contributed by atoms with Crippen molar-refractivity contribution in [1.82, 2.24) is 15.5 Å². The fraction of sp³-hybridized carbons (Fsp3) is 0.786. The van der Waals surface area contributed by atoms with Gasteiger partial charge in [0.1, 0.15) is 0 Å². The molecule has 2 N–H and O–H groups in total. The van der Waals surface area contributed by atoms with Crippen molar-refractivity contribution < 1.29 is 4.74 Å². The topological polar surface area (TPSA) is 49.9 Å². The molecule has 0 amide bonds. The number of hydrogen-bond donors (Lipinski definition) is 2. The van der Waals surface area contributed by atoms with Crippen LogP contribution in [0.5, 0.6) is 0 Å². The number of nitrogens with zero attached hydrogens (tertiary/aromatic N) is 1. The second-order valence-corrected chi connectivity index (χ2v) is 6.11. The first kappa shape index (κ1) is 12.2. The Kier molecular flexibility index (Phi) is 3.16. The van der Waals surface area contributed by atoms with Crippen molar-refractivity contribution in [3.05, 3.63) is 17.5 Å². The van der Waals surface area contributed by atoms with Crippen LogP contribution in [0, 0.1) is 5.41 Å². The third-order valence-electron chi connectivity index (χ3n) is 4.37. The number of hydrogen-bond acceptors (Lipinski definition) is 3. The normalized spacial score (nSPS) is 26.5. The van der Waals surface area contributed by atoms with Gasteiger partial charge in [-0.05, 0) is 58.0 Å². The van der Waals surface area contributed by atoms with E-state index in [0.717, 1.165) is 25.9 Å². The van der Waals surface area contributed by atoms with Crippen LogP contribution in [0.3, 0.4) is 0 Å². The Hall–Kier alpha value is -0.870. The van der Waals surface area contributed by atoms with Gasteiger partial charge in [-0.3, -0.25) is 5.10 Å². The summed E-state index contributed by atoms with van der Waals surface area (Å²) >= 11 is 0. The Labute approximate surface area is 108 Å². The van der Waals surface area contributed by atoms with Gasteiger partial charge in [-0.1, -0.05) is 0 Å². The average molecular weight is 249 g/mol. The number of H-pyrrole nitrogens is 1. The van der Waals surface area contributed by atoms with Gasteiger partial charge in [0.15, 0.2) is 0 Å². The molecule has 1 aliphatic heterocycles. The molecule has 0 aromatic carbocycles. The smallest absolute Gasteiger partial charge is 0.0866 e. The Morgan fingerprint density at radius 2 is 2.17 bits per heavy atom. The van der Waals surface area contributed by atoms with Gasteiger partial charge in [-0.15, -0.1) is 0 Å². The van der Waals surface area contributed by atoms with E-state index in [-0.39, 0.29) is 12.2 Å². The van der Waals surface area contributed by atoms with Crippen LogP contribution in [-0.2, 0) is 11.2 Å². The van der Waals surface area contributed by atoms with Crippen LogP contribution < -0.4 is 5.32 Å². The molecule has 1 atom stereocenters. The standard InChI is InChI=1S/C14H23N3O/c1-10(2)18-13-8-14(3-5-15-6-4-14)7-12-11(13)9-16-17-12/h9-10,13,15H,3-8H2,1-2H3,(H,16,17). The molecule has 1 saturated heterocycles. The molecule has 1 aromatic rings. The summed E-state index contributed by atoms with van der Waals surface area (Å²) in [4.78, 5) is 0. The third kappa shape index (κ3) is 2.19. The highest BCUT2D eigenvalue weighted by atomic mass is 16.5. The largest absolute Gasteiger partial charge is 0.371 e. The summed E-state index contributed by atoms with van der Waals surface area (Å²) < 4.78 is 6.12. The molecule has 100 valence electrons. The minimum absolute atomic E-state index is 0.227. The Bertz CT molecular complexity index is 407. The van der Waals surface area contributed by atoms with E-state index in [1.54, 1.807) is 0 Å². The molecule has 4 heteroatoms. The van der Waals surface area contributed by atoms with Gasteiger partial charge < -0.3 is 10.1 Å². The van der Waals surface area contributed by atoms with Crippen molar-refractivity contribution in [3.63, 3.8) is 0 Å². The first-order valence-corrected chi connectivity index (χ1v) is 7.07. The molecule has 1 fully saturated rings. The molecule has 1 spiro atoms. The van der Waals surface area contributed by atoms with Gasteiger partial charge in [-0.2, -0.15) is 5.10 Å². The van der Waals surface area contributed by atoms with Crippen LogP contribution in [0.15, 0.2) is 6.20 Å². The molecular formula is C14H23N3O. The summed E-state index contributed by atoms with van der Waals surface area (Å²) in [5.41, 5.74) is 3.01. The predicted molar refractivity (Wildman–Crippen MR) is 70.4 cm³/mol. The van der Waals surface area contributed by atoms with E-state index in [0.29, 0.717) is 5.41 Å². The third-order valence-corrected chi connectivity index (χ3v) is 4.37. The molecule has 18 heavy (non-hydrogen) atoms. The van der Waals surface area contributed by atoms with Crippen molar-refractivity contribution in [3.8, 4) is 0 Å². The van der Waals surface area contributed by atoms with Gasteiger partial charge >= 0.3 is 0 Å². The zero-order valence-electron chi connectivity index (χ0n) is 11.3. The quantitative estimate of drug-likeness (QED) is 0.844.